The first-order valence-corrected chi connectivity index (χ1v) is 8.67. The molecule has 1 unspecified atom stereocenters. The van der Waals surface area contributed by atoms with Crippen LogP contribution >= 0.6 is 0 Å². The third kappa shape index (κ3) is 4.89. The summed E-state index contributed by atoms with van der Waals surface area (Å²) in [6.45, 7) is 3.69. The Morgan fingerprint density at radius 1 is 0.960 bits per heavy atom. The Morgan fingerprint density at radius 3 is 2.16 bits per heavy atom. The van der Waals surface area contributed by atoms with Crippen LogP contribution in [-0.4, -0.2) is 31.7 Å². The van der Waals surface area contributed by atoms with Gasteiger partial charge in [0, 0.05) is 13.5 Å². The van der Waals surface area contributed by atoms with Gasteiger partial charge in [0.15, 0.2) is 6.29 Å². The van der Waals surface area contributed by atoms with Crippen molar-refractivity contribution in [2.75, 3.05) is 13.7 Å². The summed E-state index contributed by atoms with van der Waals surface area (Å²) >= 11 is 0. The van der Waals surface area contributed by atoms with Gasteiger partial charge in [-0.15, -0.1) is 0 Å². The Bertz CT molecular complexity index is 631. The summed E-state index contributed by atoms with van der Waals surface area (Å²) in [6.07, 6.45) is 0.323. The number of benzene rings is 2. The van der Waals surface area contributed by atoms with Crippen LogP contribution in [0.3, 0.4) is 0 Å². The molecule has 25 heavy (non-hydrogen) atoms. The molecule has 4 nitrogen and oxygen atoms in total. The molecular weight excluding hydrogens is 316 g/mol. The molecule has 134 valence electrons. The number of ether oxygens (including phenoxy) is 4. The zero-order valence-corrected chi connectivity index (χ0v) is 14.9. The smallest absolute Gasteiger partial charge is 0.186 e. The van der Waals surface area contributed by atoms with Gasteiger partial charge in [0.2, 0.25) is 0 Å². The van der Waals surface area contributed by atoms with Crippen molar-refractivity contribution in [3.63, 3.8) is 0 Å². The largest absolute Gasteiger partial charge is 0.374 e. The molecule has 1 aliphatic heterocycles. The minimum absolute atomic E-state index is 0.0329. The fourth-order valence-corrected chi connectivity index (χ4v) is 3.15. The Balaban J connectivity index is 1.50. The summed E-state index contributed by atoms with van der Waals surface area (Å²) in [5.41, 5.74) is 1.82. The lowest BCUT2D eigenvalue weighted by molar-refractivity contribution is -0.205. The maximum Gasteiger partial charge on any atom is 0.186 e. The second-order valence-corrected chi connectivity index (χ2v) is 6.62. The molecule has 1 aliphatic rings. The van der Waals surface area contributed by atoms with E-state index in [4.69, 9.17) is 18.9 Å². The van der Waals surface area contributed by atoms with E-state index in [9.17, 15) is 0 Å². The Hall–Kier alpha value is -1.72. The number of hydrogen-bond donors (Lipinski definition) is 0. The van der Waals surface area contributed by atoms with Gasteiger partial charge in [-0.05, 0) is 18.1 Å². The number of hydrogen-bond acceptors (Lipinski definition) is 4. The average molecular weight is 342 g/mol. The molecule has 1 saturated heterocycles. The van der Waals surface area contributed by atoms with E-state index in [1.807, 2.05) is 43.3 Å². The van der Waals surface area contributed by atoms with Crippen LogP contribution in [0, 0.1) is 0 Å². The van der Waals surface area contributed by atoms with Gasteiger partial charge >= 0.3 is 0 Å². The van der Waals surface area contributed by atoms with Gasteiger partial charge in [0.05, 0.1) is 25.9 Å². The van der Waals surface area contributed by atoms with E-state index in [0.29, 0.717) is 19.8 Å². The lowest BCUT2D eigenvalue weighted by atomic mass is 10.0. The van der Waals surface area contributed by atoms with Crippen LogP contribution in [0.25, 0.3) is 0 Å². The molecule has 0 N–H and O–H groups in total. The van der Waals surface area contributed by atoms with Crippen molar-refractivity contribution < 1.29 is 18.9 Å². The van der Waals surface area contributed by atoms with Gasteiger partial charge < -0.3 is 18.9 Å². The normalized spacial score (nSPS) is 26.0. The summed E-state index contributed by atoms with van der Waals surface area (Å²) < 4.78 is 23.5. The van der Waals surface area contributed by atoms with Crippen molar-refractivity contribution in [1.29, 1.82) is 0 Å². The second kappa shape index (κ2) is 8.59. The van der Waals surface area contributed by atoms with Gasteiger partial charge in [0.1, 0.15) is 5.60 Å². The molecule has 1 heterocycles. The van der Waals surface area contributed by atoms with E-state index in [0.717, 1.165) is 17.5 Å². The Labute approximate surface area is 149 Å². The predicted molar refractivity (Wildman–Crippen MR) is 96.0 cm³/mol. The highest BCUT2D eigenvalue weighted by atomic mass is 16.7. The van der Waals surface area contributed by atoms with Crippen LogP contribution in [0.15, 0.2) is 60.7 Å². The molecule has 0 radical (unpaired) electrons. The number of methoxy groups -OCH3 is 1. The van der Waals surface area contributed by atoms with Crippen LogP contribution in [0.4, 0.5) is 0 Å². The third-order valence-corrected chi connectivity index (χ3v) is 4.49. The topological polar surface area (TPSA) is 36.9 Å². The molecule has 1 fully saturated rings. The Morgan fingerprint density at radius 2 is 1.56 bits per heavy atom. The van der Waals surface area contributed by atoms with Crippen molar-refractivity contribution in [3.8, 4) is 0 Å². The zero-order chi connectivity index (χ0) is 17.5. The molecular formula is C21H26O4. The van der Waals surface area contributed by atoms with Crippen molar-refractivity contribution in [2.45, 2.75) is 44.6 Å². The fraction of sp³-hybridized carbons (Fsp3) is 0.429. The second-order valence-electron chi connectivity index (χ2n) is 6.62. The average Bonchev–Trinajstić information content (AvgIpc) is 2.98. The summed E-state index contributed by atoms with van der Waals surface area (Å²) in [6, 6.07) is 20.3. The standard InChI is InChI=1S/C21H26O4/c1-21(24-15-18-11-7-4-8-12-18)13-19(25-20(21)22-2)16-23-14-17-9-5-3-6-10-17/h3-12,19-20H,13-16H2,1-2H3/t19-,20?,21+/m0/s1. The molecule has 2 aromatic rings. The summed E-state index contributed by atoms with van der Waals surface area (Å²) in [5, 5.41) is 0. The molecule has 3 rings (SSSR count). The molecule has 0 bridgehead atoms. The number of rotatable bonds is 8. The lowest BCUT2D eigenvalue weighted by Crippen LogP contribution is -2.39. The highest BCUT2D eigenvalue weighted by Crippen LogP contribution is 2.35. The van der Waals surface area contributed by atoms with Gasteiger partial charge in [-0.1, -0.05) is 60.7 Å². The van der Waals surface area contributed by atoms with E-state index in [2.05, 4.69) is 24.3 Å². The fourth-order valence-electron chi connectivity index (χ4n) is 3.15. The minimum Gasteiger partial charge on any atom is -0.374 e. The van der Waals surface area contributed by atoms with Gasteiger partial charge in [-0.3, -0.25) is 0 Å². The highest BCUT2D eigenvalue weighted by molar-refractivity contribution is 5.14. The van der Waals surface area contributed by atoms with E-state index < -0.39 is 5.60 Å². The van der Waals surface area contributed by atoms with Crippen molar-refractivity contribution in [1.82, 2.24) is 0 Å². The van der Waals surface area contributed by atoms with Crippen LogP contribution in [0.1, 0.15) is 24.5 Å². The third-order valence-electron chi connectivity index (χ3n) is 4.49. The first-order valence-electron chi connectivity index (χ1n) is 8.67. The van der Waals surface area contributed by atoms with E-state index in [1.165, 1.54) is 0 Å². The first kappa shape index (κ1) is 18.1. The summed E-state index contributed by atoms with van der Waals surface area (Å²) in [5.74, 6) is 0. The predicted octanol–water partition coefficient (Wildman–Crippen LogP) is 3.94. The van der Waals surface area contributed by atoms with Crippen LogP contribution in [-0.2, 0) is 32.2 Å². The highest BCUT2D eigenvalue weighted by Gasteiger charge is 2.46. The van der Waals surface area contributed by atoms with Crippen molar-refractivity contribution in [2.24, 2.45) is 0 Å². The molecule has 0 amide bonds. The zero-order valence-electron chi connectivity index (χ0n) is 14.9. The van der Waals surface area contributed by atoms with Gasteiger partial charge in [-0.25, -0.2) is 0 Å². The van der Waals surface area contributed by atoms with Gasteiger partial charge in [0.25, 0.3) is 0 Å². The van der Waals surface area contributed by atoms with Gasteiger partial charge in [-0.2, -0.15) is 0 Å². The molecule has 0 aromatic heterocycles. The van der Waals surface area contributed by atoms with Crippen LogP contribution in [0.2, 0.25) is 0 Å². The first-order chi connectivity index (χ1) is 12.2. The maximum atomic E-state index is 6.17. The maximum absolute atomic E-state index is 6.17. The van der Waals surface area contributed by atoms with E-state index >= 15 is 0 Å². The molecule has 3 atom stereocenters. The Kier molecular flexibility index (Phi) is 6.21. The van der Waals surface area contributed by atoms with E-state index in [-0.39, 0.29) is 12.4 Å². The SMILES string of the molecule is COC1O[C@H](COCc2ccccc2)C[C@@]1(C)OCc1ccccc1. The molecule has 0 aliphatic carbocycles. The molecule has 2 aromatic carbocycles. The summed E-state index contributed by atoms with van der Waals surface area (Å²) in [7, 11) is 1.65. The minimum atomic E-state index is -0.481. The summed E-state index contributed by atoms with van der Waals surface area (Å²) in [4.78, 5) is 0. The molecule has 0 spiro atoms. The van der Waals surface area contributed by atoms with Crippen molar-refractivity contribution in [3.05, 3.63) is 71.8 Å². The van der Waals surface area contributed by atoms with Crippen LogP contribution < -0.4 is 0 Å². The lowest BCUT2D eigenvalue weighted by Gasteiger charge is -2.28. The van der Waals surface area contributed by atoms with Crippen LogP contribution in [0.5, 0.6) is 0 Å². The monoisotopic (exact) mass is 342 g/mol. The van der Waals surface area contributed by atoms with Crippen molar-refractivity contribution >= 4 is 0 Å². The van der Waals surface area contributed by atoms with E-state index in [1.54, 1.807) is 7.11 Å². The molecule has 0 saturated carbocycles. The molecule has 4 heteroatoms. The quantitative estimate of drug-likeness (QED) is 0.728.